The van der Waals surface area contributed by atoms with E-state index >= 15 is 0 Å². The number of hydrogen-bond acceptors (Lipinski definition) is 5. The molecule has 0 spiro atoms. The molecule has 26 heavy (non-hydrogen) atoms. The SMILES string of the molecule is CNSc1cccc(NC(=O)c2c(C)c(C)nn2CC2CCOCC2)c1. The minimum atomic E-state index is -0.109. The van der Waals surface area contributed by atoms with Crippen molar-refractivity contribution in [3.8, 4) is 0 Å². The molecule has 1 aliphatic rings. The van der Waals surface area contributed by atoms with Crippen molar-refractivity contribution in [3.63, 3.8) is 0 Å². The lowest BCUT2D eigenvalue weighted by molar-refractivity contribution is 0.0597. The van der Waals surface area contributed by atoms with E-state index in [4.69, 9.17) is 4.74 Å². The van der Waals surface area contributed by atoms with Gasteiger partial charge in [-0.1, -0.05) is 6.07 Å². The maximum atomic E-state index is 13.0. The summed E-state index contributed by atoms with van der Waals surface area (Å²) in [5.74, 6) is 0.395. The Hall–Kier alpha value is -1.83. The first-order valence-corrected chi connectivity index (χ1v) is 9.77. The number of carbonyl (C=O) groups excluding carboxylic acids is 1. The molecule has 0 atom stereocenters. The number of nitrogens with zero attached hydrogens (tertiary/aromatic N) is 2. The van der Waals surface area contributed by atoms with Gasteiger partial charge in [0, 0.05) is 35.9 Å². The summed E-state index contributed by atoms with van der Waals surface area (Å²) >= 11 is 1.52. The first-order chi connectivity index (χ1) is 12.6. The minimum Gasteiger partial charge on any atom is -0.381 e. The predicted molar refractivity (Wildman–Crippen MR) is 105 cm³/mol. The van der Waals surface area contributed by atoms with Crippen LogP contribution >= 0.6 is 11.9 Å². The van der Waals surface area contributed by atoms with Gasteiger partial charge in [0.15, 0.2) is 0 Å². The van der Waals surface area contributed by atoms with Gasteiger partial charge in [0.1, 0.15) is 5.69 Å². The van der Waals surface area contributed by atoms with Crippen molar-refractivity contribution in [1.82, 2.24) is 14.5 Å². The second kappa shape index (κ2) is 8.70. The van der Waals surface area contributed by atoms with Crippen LogP contribution in [0.15, 0.2) is 29.2 Å². The summed E-state index contributed by atoms with van der Waals surface area (Å²) < 4.78 is 10.4. The van der Waals surface area contributed by atoms with Gasteiger partial charge in [0.25, 0.3) is 5.91 Å². The van der Waals surface area contributed by atoms with E-state index in [1.807, 2.05) is 49.8 Å². The number of aromatic nitrogens is 2. The molecular formula is C19H26N4O2S. The Labute approximate surface area is 158 Å². The molecule has 1 fully saturated rings. The van der Waals surface area contributed by atoms with Crippen molar-refractivity contribution < 1.29 is 9.53 Å². The number of aryl methyl sites for hydroxylation is 1. The van der Waals surface area contributed by atoms with E-state index in [-0.39, 0.29) is 5.91 Å². The van der Waals surface area contributed by atoms with Gasteiger partial charge in [-0.25, -0.2) is 0 Å². The van der Waals surface area contributed by atoms with Crippen LogP contribution in [0, 0.1) is 19.8 Å². The molecule has 1 saturated heterocycles. The van der Waals surface area contributed by atoms with Crippen molar-refractivity contribution in [2.45, 2.75) is 38.1 Å². The highest BCUT2D eigenvalue weighted by molar-refractivity contribution is 7.97. The predicted octanol–water partition coefficient (Wildman–Crippen LogP) is 3.41. The summed E-state index contributed by atoms with van der Waals surface area (Å²) in [5, 5.41) is 7.64. The highest BCUT2D eigenvalue weighted by Gasteiger charge is 2.22. The number of anilines is 1. The minimum absolute atomic E-state index is 0.109. The van der Waals surface area contributed by atoms with E-state index in [1.165, 1.54) is 11.9 Å². The second-order valence-corrected chi connectivity index (χ2v) is 7.67. The van der Waals surface area contributed by atoms with E-state index < -0.39 is 0 Å². The molecule has 2 N–H and O–H groups in total. The van der Waals surface area contributed by atoms with E-state index in [0.717, 1.165) is 54.4 Å². The van der Waals surface area contributed by atoms with Crippen LogP contribution in [0.5, 0.6) is 0 Å². The van der Waals surface area contributed by atoms with Crippen LogP contribution in [-0.4, -0.2) is 35.9 Å². The molecule has 0 radical (unpaired) electrons. The van der Waals surface area contributed by atoms with Crippen LogP contribution in [0.2, 0.25) is 0 Å². The standard InChI is InChI=1S/C19H26N4O2S/c1-13-14(2)22-23(12-15-7-9-25-10-8-15)18(13)19(24)21-16-5-4-6-17(11-16)26-20-3/h4-6,11,15,20H,7-10,12H2,1-3H3,(H,21,24). The maximum absolute atomic E-state index is 13.0. The van der Waals surface area contributed by atoms with Crippen LogP contribution < -0.4 is 10.0 Å². The van der Waals surface area contributed by atoms with Crippen LogP contribution in [0.25, 0.3) is 0 Å². The van der Waals surface area contributed by atoms with E-state index in [9.17, 15) is 4.79 Å². The van der Waals surface area contributed by atoms with Gasteiger partial charge in [0.05, 0.1) is 5.69 Å². The van der Waals surface area contributed by atoms with Gasteiger partial charge >= 0.3 is 0 Å². The first kappa shape index (κ1) is 18.9. The van der Waals surface area contributed by atoms with Crippen molar-refractivity contribution in [2.24, 2.45) is 5.92 Å². The third-order valence-corrected chi connectivity index (χ3v) is 5.42. The molecule has 2 heterocycles. The Morgan fingerprint density at radius 3 is 2.85 bits per heavy atom. The van der Waals surface area contributed by atoms with Gasteiger partial charge < -0.3 is 10.1 Å². The van der Waals surface area contributed by atoms with Gasteiger partial charge in [-0.15, -0.1) is 0 Å². The fourth-order valence-electron chi connectivity index (χ4n) is 3.21. The molecule has 0 saturated carbocycles. The zero-order chi connectivity index (χ0) is 18.5. The lowest BCUT2D eigenvalue weighted by atomic mass is 10.0. The fraction of sp³-hybridized carbons (Fsp3) is 0.474. The average molecular weight is 375 g/mol. The summed E-state index contributed by atoms with van der Waals surface area (Å²) in [7, 11) is 1.87. The van der Waals surface area contributed by atoms with Gasteiger partial charge in [0.2, 0.25) is 0 Å². The number of nitrogens with one attached hydrogen (secondary N) is 2. The highest BCUT2D eigenvalue weighted by atomic mass is 32.2. The van der Waals surface area contributed by atoms with Crippen molar-refractivity contribution in [2.75, 3.05) is 25.6 Å². The summed E-state index contributed by atoms with van der Waals surface area (Å²) in [6.07, 6.45) is 2.03. The lowest BCUT2D eigenvalue weighted by Crippen LogP contribution is -2.25. The molecule has 6 nitrogen and oxygen atoms in total. The van der Waals surface area contributed by atoms with Crippen molar-refractivity contribution in [3.05, 3.63) is 41.2 Å². The lowest BCUT2D eigenvalue weighted by Gasteiger charge is -2.22. The summed E-state index contributed by atoms with van der Waals surface area (Å²) in [6, 6.07) is 7.80. The summed E-state index contributed by atoms with van der Waals surface area (Å²) in [4.78, 5) is 14.0. The molecule has 140 valence electrons. The normalized spacial score (nSPS) is 15.2. The zero-order valence-corrected chi connectivity index (χ0v) is 16.4. The number of hydrogen-bond donors (Lipinski definition) is 2. The van der Waals surface area contributed by atoms with E-state index in [1.54, 1.807) is 0 Å². The number of carbonyl (C=O) groups is 1. The first-order valence-electron chi connectivity index (χ1n) is 8.95. The summed E-state index contributed by atoms with van der Waals surface area (Å²) in [6.45, 7) is 6.26. The van der Waals surface area contributed by atoms with Gasteiger partial charge in [-0.05, 0) is 69.8 Å². The second-order valence-electron chi connectivity index (χ2n) is 6.59. The average Bonchev–Trinajstić information content (AvgIpc) is 2.90. The molecular weight excluding hydrogens is 348 g/mol. The van der Waals surface area contributed by atoms with Crippen molar-refractivity contribution >= 4 is 23.5 Å². The monoisotopic (exact) mass is 374 g/mol. The number of ether oxygens (including phenoxy) is 1. The molecule has 0 bridgehead atoms. The maximum Gasteiger partial charge on any atom is 0.274 e. The third-order valence-electron chi connectivity index (χ3n) is 4.73. The molecule has 7 heteroatoms. The summed E-state index contributed by atoms with van der Waals surface area (Å²) in [5.41, 5.74) is 3.28. The third kappa shape index (κ3) is 4.47. The zero-order valence-electron chi connectivity index (χ0n) is 15.5. The fourth-order valence-corrected chi connectivity index (χ4v) is 3.78. The molecule has 1 amide bonds. The topological polar surface area (TPSA) is 68.2 Å². The Kier molecular flexibility index (Phi) is 6.34. The van der Waals surface area contributed by atoms with Crippen LogP contribution in [0.4, 0.5) is 5.69 Å². The molecule has 1 aromatic carbocycles. The quantitative estimate of drug-likeness (QED) is 0.759. The van der Waals surface area contributed by atoms with Crippen LogP contribution in [0.1, 0.15) is 34.6 Å². The molecule has 1 aliphatic heterocycles. The largest absolute Gasteiger partial charge is 0.381 e. The van der Waals surface area contributed by atoms with E-state index in [2.05, 4.69) is 15.1 Å². The Bertz CT molecular complexity index is 769. The Morgan fingerprint density at radius 2 is 2.12 bits per heavy atom. The molecule has 0 aliphatic carbocycles. The number of benzene rings is 1. The Morgan fingerprint density at radius 1 is 1.35 bits per heavy atom. The number of amides is 1. The van der Waals surface area contributed by atoms with Gasteiger partial charge in [-0.3, -0.25) is 14.2 Å². The smallest absolute Gasteiger partial charge is 0.274 e. The van der Waals surface area contributed by atoms with Crippen molar-refractivity contribution in [1.29, 1.82) is 0 Å². The van der Waals surface area contributed by atoms with E-state index in [0.29, 0.717) is 11.6 Å². The Balaban J connectivity index is 1.78. The van der Waals surface area contributed by atoms with Gasteiger partial charge in [-0.2, -0.15) is 5.10 Å². The molecule has 2 aromatic rings. The highest BCUT2D eigenvalue weighted by Crippen LogP contribution is 2.23. The molecule has 3 rings (SSSR count). The molecule has 0 unspecified atom stereocenters. The van der Waals surface area contributed by atoms with Crippen LogP contribution in [0.3, 0.4) is 0 Å². The molecule has 1 aromatic heterocycles. The van der Waals surface area contributed by atoms with Crippen LogP contribution in [-0.2, 0) is 11.3 Å². The number of rotatable bonds is 6.